The van der Waals surface area contributed by atoms with Gasteiger partial charge in [0.25, 0.3) is 0 Å². The largest absolute Gasteiger partial charge is 0.380 e. The van der Waals surface area contributed by atoms with Gasteiger partial charge >= 0.3 is 0 Å². The van der Waals surface area contributed by atoms with Gasteiger partial charge in [-0.05, 0) is 38.1 Å². The lowest BCUT2D eigenvalue weighted by molar-refractivity contribution is 0.154. The normalized spacial score (nSPS) is 12.5. The second-order valence-corrected chi connectivity index (χ2v) is 5.02. The number of hydrogen-bond acceptors (Lipinski definition) is 3. The van der Waals surface area contributed by atoms with Gasteiger partial charge in [-0.1, -0.05) is 24.6 Å². The maximum Gasteiger partial charge on any atom is 0.0642 e. The van der Waals surface area contributed by atoms with Gasteiger partial charge in [0.1, 0.15) is 0 Å². The van der Waals surface area contributed by atoms with Crippen LogP contribution in [-0.2, 0) is 4.74 Å². The molecule has 1 N–H and O–H groups in total. The number of nitrogens with one attached hydrogen (secondary N) is 1. The molecule has 0 aliphatic heterocycles. The monoisotopic (exact) mass is 284 g/mol. The molecule has 3 nitrogen and oxygen atoms in total. The zero-order valence-electron chi connectivity index (χ0n) is 12.4. The highest BCUT2D eigenvalue weighted by Gasteiger charge is 2.10. The molecule has 1 atom stereocenters. The average molecular weight is 285 g/mol. The molecule has 0 bridgehead atoms. The summed E-state index contributed by atoms with van der Waals surface area (Å²) in [5.74, 6) is 0. The SMILES string of the molecule is CCNC(C)c1ccc(N(C)CCOCC)c(Cl)c1. The van der Waals surface area contributed by atoms with Gasteiger partial charge < -0.3 is 15.0 Å². The van der Waals surface area contributed by atoms with Crippen molar-refractivity contribution in [1.82, 2.24) is 5.32 Å². The highest BCUT2D eigenvalue weighted by molar-refractivity contribution is 6.33. The average Bonchev–Trinajstić information content (AvgIpc) is 2.39. The minimum absolute atomic E-state index is 0.324. The molecular weight excluding hydrogens is 260 g/mol. The summed E-state index contributed by atoms with van der Waals surface area (Å²) in [6, 6.07) is 6.58. The summed E-state index contributed by atoms with van der Waals surface area (Å²) >= 11 is 6.37. The van der Waals surface area contributed by atoms with Crippen LogP contribution in [0.3, 0.4) is 0 Å². The first-order valence-corrected chi connectivity index (χ1v) is 7.29. The van der Waals surface area contributed by atoms with E-state index in [0.717, 1.165) is 37.0 Å². The smallest absolute Gasteiger partial charge is 0.0642 e. The topological polar surface area (TPSA) is 24.5 Å². The molecule has 0 saturated carbocycles. The number of nitrogens with zero attached hydrogens (tertiary/aromatic N) is 1. The van der Waals surface area contributed by atoms with Crippen LogP contribution in [0.4, 0.5) is 5.69 Å². The summed E-state index contributed by atoms with van der Waals surface area (Å²) in [6.07, 6.45) is 0. The summed E-state index contributed by atoms with van der Waals surface area (Å²) in [6.45, 7) is 9.52. The highest BCUT2D eigenvalue weighted by atomic mass is 35.5. The molecule has 0 fully saturated rings. The Hall–Kier alpha value is -0.770. The number of ether oxygens (including phenoxy) is 1. The van der Waals surface area contributed by atoms with Crippen LogP contribution in [0.2, 0.25) is 5.02 Å². The summed E-state index contributed by atoms with van der Waals surface area (Å²) in [5, 5.41) is 4.18. The molecule has 4 heteroatoms. The van der Waals surface area contributed by atoms with Crippen LogP contribution < -0.4 is 10.2 Å². The Labute approximate surface area is 121 Å². The minimum Gasteiger partial charge on any atom is -0.380 e. The fourth-order valence-corrected chi connectivity index (χ4v) is 2.33. The molecule has 0 spiro atoms. The fraction of sp³-hybridized carbons (Fsp3) is 0.600. The lowest BCUT2D eigenvalue weighted by Gasteiger charge is -2.22. The molecule has 1 rings (SSSR count). The maximum atomic E-state index is 6.37. The fourth-order valence-electron chi connectivity index (χ4n) is 1.99. The summed E-state index contributed by atoms with van der Waals surface area (Å²) in [7, 11) is 2.04. The van der Waals surface area contributed by atoms with Gasteiger partial charge in [0.15, 0.2) is 0 Å². The van der Waals surface area contributed by atoms with Crippen LogP contribution in [0.15, 0.2) is 18.2 Å². The van der Waals surface area contributed by atoms with Crippen molar-refractivity contribution in [3.05, 3.63) is 28.8 Å². The maximum absolute atomic E-state index is 6.37. The third kappa shape index (κ3) is 5.01. The van der Waals surface area contributed by atoms with Crippen LogP contribution in [0, 0.1) is 0 Å². The van der Waals surface area contributed by atoms with Crippen molar-refractivity contribution >= 4 is 17.3 Å². The van der Waals surface area contributed by atoms with E-state index in [1.807, 2.05) is 20.0 Å². The van der Waals surface area contributed by atoms with Gasteiger partial charge in [-0.25, -0.2) is 0 Å². The van der Waals surface area contributed by atoms with E-state index < -0.39 is 0 Å². The molecule has 1 unspecified atom stereocenters. The van der Waals surface area contributed by atoms with Crippen molar-refractivity contribution in [2.45, 2.75) is 26.8 Å². The molecular formula is C15H25ClN2O. The van der Waals surface area contributed by atoms with Crippen LogP contribution in [0.5, 0.6) is 0 Å². The molecule has 0 aromatic heterocycles. The summed E-state index contributed by atoms with van der Waals surface area (Å²) in [5.41, 5.74) is 2.27. The van der Waals surface area contributed by atoms with E-state index in [1.165, 1.54) is 5.56 Å². The molecule has 0 amide bonds. The lowest BCUT2D eigenvalue weighted by atomic mass is 10.1. The van der Waals surface area contributed by atoms with E-state index in [1.54, 1.807) is 0 Å². The van der Waals surface area contributed by atoms with Gasteiger partial charge in [-0.3, -0.25) is 0 Å². The van der Waals surface area contributed by atoms with Crippen molar-refractivity contribution in [3.63, 3.8) is 0 Å². The minimum atomic E-state index is 0.324. The quantitative estimate of drug-likeness (QED) is 0.740. The van der Waals surface area contributed by atoms with Crippen molar-refractivity contribution < 1.29 is 4.74 Å². The Morgan fingerprint density at radius 1 is 1.37 bits per heavy atom. The number of likely N-dealkylation sites (N-methyl/N-ethyl adjacent to an activating group) is 1. The van der Waals surface area contributed by atoms with E-state index in [-0.39, 0.29) is 0 Å². The van der Waals surface area contributed by atoms with Gasteiger partial charge in [0.2, 0.25) is 0 Å². The highest BCUT2D eigenvalue weighted by Crippen LogP contribution is 2.28. The summed E-state index contributed by atoms with van der Waals surface area (Å²) < 4.78 is 5.36. The number of hydrogen-bond donors (Lipinski definition) is 1. The number of rotatable bonds is 8. The first-order chi connectivity index (χ1) is 9.10. The molecule has 0 aliphatic rings. The zero-order chi connectivity index (χ0) is 14.3. The van der Waals surface area contributed by atoms with Gasteiger partial charge in [0, 0.05) is 26.2 Å². The third-order valence-electron chi connectivity index (χ3n) is 3.17. The van der Waals surface area contributed by atoms with E-state index in [4.69, 9.17) is 16.3 Å². The standard InChI is InChI=1S/C15H25ClN2O/c1-5-17-12(3)13-7-8-15(14(16)11-13)18(4)9-10-19-6-2/h7-8,11-12,17H,5-6,9-10H2,1-4H3. The third-order valence-corrected chi connectivity index (χ3v) is 3.47. The molecule has 19 heavy (non-hydrogen) atoms. The molecule has 0 aliphatic carbocycles. The number of benzene rings is 1. The van der Waals surface area contributed by atoms with Gasteiger partial charge in [-0.15, -0.1) is 0 Å². The molecule has 0 radical (unpaired) electrons. The Balaban J connectivity index is 2.70. The van der Waals surface area contributed by atoms with Gasteiger partial charge in [0.05, 0.1) is 17.3 Å². The molecule has 0 heterocycles. The van der Waals surface area contributed by atoms with Crippen LogP contribution in [0.25, 0.3) is 0 Å². The van der Waals surface area contributed by atoms with E-state index >= 15 is 0 Å². The Morgan fingerprint density at radius 2 is 2.11 bits per heavy atom. The Bertz CT molecular complexity index is 384. The van der Waals surface area contributed by atoms with Crippen molar-refractivity contribution in [3.8, 4) is 0 Å². The van der Waals surface area contributed by atoms with Gasteiger partial charge in [-0.2, -0.15) is 0 Å². The Kier molecular flexibility index (Phi) is 7.21. The molecule has 1 aromatic rings. The van der Waals surface area contributed by atoms with E-state index in [0.29, 0.717) is 6.04 Å². The second kappa shape index (κ2) is 8.41. The number of halogens is 1. The predicted octanol–water partition coefficient (Wildman–Crippen LogP) is 3.48. The second-order valence-electron chi connectivity index (χ2n) is 4.61. The van der Waals surface area contributed by atoms with E-state index in [2.05, 4.69) is 36.2 Å². The van der Waals surface area contributed by atoms with Crippen LogP contribution in [-0.4, -0.2) is 33.4 Å². The molecule has 1 aromatic carbocycles. The van der Waals surface area contributed by atoms with E-state index in [9.17, 15) is 0 Å². The van der Waals surface area contributed by atoms with Crippen molar-refractivity contribution in [2.75, 3.05) is 38.3 Å². The molecule has 0 saturated heterocycles. The van der Waals surface area contributed by atoms with Crippen molar-refractivity contribution in [1.29, 1.82) is 0 Å². The van der Waals surface area contributed by atoms with Crippen molar-refractivity contribution in [2.24, 2.45) is 0 Å². The zero-order valence-corrected chi connectivity index (χ0v) is 13.1. The lowest BCUT2D eigenvalue weighted by Crippen LogP contribution is -2.23. The van der Waals surface area contributed by atoms with Crippen LogP contribution in [0.1, 0.15) is 32.4 Å². The Morgan fingerprint density at radius 3 is 2.68 bits per heavy atom. The number of anilines is 1. The van der Waals surface area contributed by atoms with Crippen LogP contribution >= 0.6 is 11.6 Å². The predicted molar refractivity (Wildman–Crippen MR) is 83.3 cm³/mol. The first-order valence-electron chi connectivity index (χ1n) is 6.91. The molecule has 108 valence electrons. The first kappa shape index (κ1) is 16.3. The summed E-state index contributed by atoms with van der Waals surface area (Å²) in [4.78, 5) is 2.12.